The Morgan fingerprint density at radius 1 is 1.06 bits per heavy atom. The van der Waals surface area contributed by atoms with Gasteiger partial charge in [0.05, 0.1) is 11.1 Å². The average molecular weight is 473 g/mol. The van der Waals surface area contributed by atoms with Crippen molar-refractivity contribution in [1.82, 2.24) is 9.03 Å². The molecule has 1 heterocycles. The first-order valence-corrected chi connectivity index (χ1v) is 11.9. The first-order chi connectivity index (χ1) is 15.2. The number of Topliss-reactive ketones (excluding diaryl/α,β-unsaturated/α-hetero) is 1. The molecule has 0 radical (unpaired) electrons. The highest BCUT2D eigenvalue weighted by Gasteiger charge is 2.40. The minimum atomic E-state index is -3.86. The summed E-state index contributed by atoms with van der Waals surface area (Å²) in [5.74, 6) is -0.841. The van der Waals surface area contributed by atoms with E-state index in [4.69, 9.17) is 11.6 Å². The van der Waals surface area contributed by atoms with Crippen LogP contribution < -0.4 is 4.72 Å². The average Bonchev–Trinajstić information content (AvgIpc) is 2.78. The zero-order valence-electron chi connectivity index (χ0n) is 17.3. The number of rotatable bonds is 5. The molecular formula is C24H22ClFN2O3S. The number of carbonyl (C=O) groups excluding carboxylic acids is 1. The molecule has 1 fully saturated rings. The molecule has 0 aliphatic carbocycles. The minimum Gasteiger partial charge on any atom is -0.298 e. The van der Waals surface area contributed by atoms with Crippen molar-refractivity contribution >= 4 is 27.6 Å². The number of benzene rings is 3. The maximum absolute atomic E-state index is 13.4. The van der Waals surface area contributed by atoms with Gasteiger partial charge in [-0.05, 0) is 46.9 Å². The third-order valence-electron chi connectivity index (χ3n) is 5.70. The maximum atomic E-state index is 13.4. The lowest BCUT2D eigenvalue weighted by atomic mass is 9.93. The Labute approximate surface area is 192 Å². The Balaban J connectivity index is 1.60. The molecule has 0 amide bonds. The first-order valence-electron chi connectivity index (χ1n) is 10.1. The van der Waals surface area contributed by atoms with Crippen molar-refractivity contribution in [3.05, 3.63) is 94.8 Å². The SMILES string of the molecule is CN1[C@H](C(=O)Cc2ccc(F)c(Cl)c2)C[C@H](c2cccc(-c3ccccc3)c2)NS1(=O)=O. The molecule has 8 heteroatoms. The van der Waals surface area contributed by atoms with Gasteiger partial charge in [-0.2, -0.15) is 17.4 Å². The van der Waals surface area contributed by atoms with E-state index in [-0.39, 0.29) is 23.6 Å². The van der Waals surface area contributed by atoms with Gasteiger partial charge in [0.15, 0.2) is 5.78 Å². The molecule has 3 aromatic carbocycles. The summed E-state index contributed by atoms with van der Waals surface area (Å²) in [7, 11) is -2.47. The van der Waals surface area contributed by atoms with Crippen LogP contribution in [-0.2, 0) is 21.4 Å². The van der Waals surface area contributed by atoms with Crippen molar-refractivity contribution in [2.45, 2.75) is 24.9 Å². The summed E-state index contributed by atoms with van der Waals surface area (Å²) >= 11 is 5.82. The fraction of sp³-hybridized carbons (Fsp3) is 0.208. The lowest BCUT2D eigenvalue weighted by molar-refractivity contribution is -0.122. The molecule has 0 unspecified atom stereocenters. The van der Waals surface area contributed by atoms with Crippen LogP contribution in [0.2, 0.25) is 5.02 Å². The van der Waals surface area contributed by atoms with Gasteiger partial charge in [-0.15, -0.1) is 0 Å². The monoisotopic (exact) mass is 472 g/mol. The third kappa shape index (κ3) is 4.76. The van der Waals surface area contributed by atoms with Crippen molar-refractivity contribution in [2.75, 3.05) is 7.05 Å². The molecule has 5 nitrogen and oxygen atoms in total. The second-order valence-corrected chi connectivity index (χ2v) is 10.00. The van der Waals surface area contributed by atoms with Crippen molar-refractivity contribution in [2.24, 2.45) is 0 Å². The molecule has 0 spiro atoms. The van der Waals surface area contributed by atoms with Crippen LogP contribution in [-0.4, -0.2) is 31.6 Å². The van der Waals surface area contributed by atoms with Crippen LogP contribution in [0.5, 0.6) is 0 Å². The topological polar surface area (TPSA) is 66.5 Å². The molecule has 0 saturated carbocycles. The van der Waals surface area contributed by atoms with Crippen LogP contribution in [0.4, 0.5) is 4.39 Å². The van der Waals surface area contributed by atoms with E-state index >= 15 is 0 Å². The number of hydrogen-bond donors (Lipinski definition) is 1. The smallest absolute Gasteiger partial charge is 0.280 e. The zero-order chi connectivity index (χ0) is 22.9. The molecule has 3 aromatic rings. The van der Waals surface area contributed by atoms with Gasteiger partial charge in [0.25, 0.3) is 10.2 Å². The van der Waals surface area contributed by atoms with E-state index in [9.17, 15) is 17.6 Å². The van der Waals surface area contributed by atoms with Crippen molar-refractivity contribution in [3.63, 3.8) is 0 Å². The van der Waals surface area contributed by atoms with Gasteiger partial charge >= 0.3 is 0 Å². The highest BCUT2D eigenvalue weighted by Crippen LogP contribution is 2.31. The predicted molar refractivity (Wildman–Crippen MR) is 123 cm³/mol. The number of nitrogens with one attached hydrogen (secondary N) is 1. The predicted octanol–water partition coefficient (Wildman–Crippen LogP) is 4.54. The molecule has 0 bridgehead atoms. The molecule has 1 N–H and O–H groups in total. The van der Waals surface area contributed by atoms with Crippen molar-refractivity contribution in [3.8, 4) is 11.1 Å². The summed E-state index contributed by atoms with van der Waals surface area (Å²) < 4.78 is 42.7. The third-order valence-corrected chi connectivity index (χ3v) is 7.58. The largest absolute Gasteiger partial charge is 0.298 e. The second-order valence-electron chi connectivity index (χ2n) is 7.83. The van der Waals surface area contributed by atoms with Gasteiger partial charge in [0, 0.05) is 19.5 Å². The van der Waals surface area contributed by atoms with E-state index in [1.165, 1.54) is 25.2 Å². The number of ketones is 1. The number of halogens is 2. The molecule has 4 rings (SSSR count). The molecule has 1 saturated heterocycles. The van der Waals surface area contributed by atoms with Crippen LogP contribution in [0.3, 0.4) is 0 Å². The van der Waals surface area contributed by atoms with E-state index in [1.54, 1.807) is 0 Å². The molecule has 0 aromatic heterocycles. The zero-order valence-corrected chi connectivity index (χ0v) is 18.9. The van der Waals surface area contributed by atoms with Gasteiger partial charge in [-0.1, -0.05) is 66.2 Å². The summed E-state index contributed by atoms with van der Waals surface area (Å²) in [6, 6.07) is 20.1. The van der Waals surface area contributed by atoms with Gasteiger partial charge in [-0.25, -0.2) is 4.39 Å². The van der Waals surface area contributed by atoms with E-state index in [0.717, 1.165) is 21.0 Å². The van der Waals surface area contributed by atoms with E-state index in [2.05, 4.69) is 4.72 Å². The van der Waals surface area contributed by atoms with Gasteiger partial charge < -0.3 is 0 Å². The molecule has 32 heavy (non-hydrogen) atoms. The van der Waals surface area contributed by atoms with Crippen LogP contribution in [0.1, 0.15) is 23.6 Å². The van der Waals surface area contributed by atoms with Gasteiger partial charge in [-0.3, -0.25) is 4.79 Å². The van der Waals surface area contributed by atoms with Crippen LogP contribution in [0.15, 0.2) is 72.8 Å². The Kier molecular flexibility index (Phi) is 6.44. The highest BCUT2D eigenvalue weighted by atomic mass is 35.5. The number of likely N-dealkylation sites (N-methyl/N-ethyl adjacent to an activating group) is 1. The molecule has 1 aliphatic heterocycles. The Bertz CT molecular complexity index is 1250. The lowest BCUT2D eigenvalue weighted by Gasteiger charge is -2.36. The molecular weight excluding hydrogens is 451 g/mol. The second kappa shape index (κ2) is 9.11. The molecule has 1 aliphatic rings. The van der Waals surface area contributed by atoms with Gasteiger partial charge in [0.2, 0.25) is 0 Å². The Morgan fingerprint density at radius 3 is 2.50 bits per heavy atom. The van der Waals surface area contributed by atoms with Crippen LogP contribution >= 0.6 is 11.6 Å². The minimum absolute atomic E-state index is 0.0404. The summed E-state index contributed by atoms with van der Waals surface area (Å²) in [6.45, 7) is 0. The summed E-state index contributed by atoms with van der Waals surface area (Å²) in [5.41, 5.74) is 3.30. The number of nitrogens with zero attached hydrogens (tertiary/aromatic N) is 1. The molecule has 166 valence electrons. The normalized spacial score (nSPS) is 20.7. The van der Waals surface area contributed by atoms with E-state index < -0.39 is 28.1 Å². The highest BCUT2D eigenvalue weighted by molar-refractivity contribution is 7.87. The summed E-state index contributed by atoms with van der Waals surface area (Å²) in [4.78, 5) is 13.1. The Hall–Kier alpha value is -2.58. The van der Waals surface area contributed by atoms with Crippen LogP contribution in [0, 0.1) is 5.82 Å². The van der Waals surface area contributed by atoms with E-state index in [0.29, 0.717) is 5.56 Å². The summed E-state index contributed by atoms with van der Waals surface area (Å²) in [5, 5.41) is -0.0720. The lowest BCUT2D eigenvalue weighted by Crippen LogP contribution is -2.55. The number of hydrogen-bond acceptors (Lipinski definition) is 3. The maximum Gasteiger partial charge on any atom is 0.280 e. The fourth-order valence-corrected chi connectivity index (χ4v) is 5.42. The quantitative estimate of drug-likeness (QED) is 0.593. The standard InChI is InChI=1S/C24H22ClFN2O3S/c1-28-23(24(29)13-16-10-11-21(26)20(25)12-16)15-22(27-32(28,30)31)19-9-5-8-18(14-19)17-6-3-2-4-7-17/h2-12,14,22-23,27H,13,15H2,1H3/t22-,23+/m1/s1. The van der Waals surface area contributed by atoms with Crippen molar-refractivity contribution < 1.29 is 17.6 Å². The van der Waals surface area contributed by atoms with Crippen LogP contribution in [0.25, 0.3) is 11.1 Å². The fourth-order valence-electron chi connectivity index (χ4n) is 3.92. The van der Waals surface area contributed by atoms with E-state index in [1.807, 2.05) is 54.6 Å². The molecule has 2 atom stereocenters. The van der Waals surface area contributed by atoms with Gasteiger partial charge in [0.1, 0.15) is 5.82 Å². The summed E-state index contributed by atoms with van der Waals surface area (Å²) in [6.07, 6.45) is 0.239. The first kappa shape index (κ1) is 22.6. The number of carbonyl (C=O) groups is 1. The van der Waals surface area contributed by atoms with Crippen molar-refractivity contribution in [1.29, 1.82) is 0 Å². The Morgan fingerprint density at radius 2 is 1.78 bits per heavy atom.